The van der Waals surface area contributed by atoms with E-state index in [0.717, 1.165) is 70.9 Å². The molecule has 0 bridgehead atoms. The Balaban J connectivity index is 1.13. The Morgan fingerprint density at radius 1 is 0.796 bits per heavy atom. The van der Waals surface area contributed by atoms with Crippen molar-refractivity contribution in [3.8, 4) is 5.69 Å². The summed E-state index contributed by atoms with van der Waals surface area (Å²) in [5.74, 6) is 0.421. The Kier molecular flexibility index (Phi) is 10.6. The number of para-hydroxylation sites is 1. The number of carbonyl (C=O) groups excluding carboxylic acids is 1. The molecule has 6 aromatic rings. The molecule has 12 nitrogen and oxygen atoms in total. The second kappa shape index (κ2) is 15.8. The van der Waals surface area contributed by atoms with E-state index in [-0.39, 0.29) is 5.91 Å². The first-order chi connectivity index (χ1) is 24.0. The summed E-state index contributed by atoms with van der Waals surface area (Å²) >= 11 is 0. The molecular weight excluding hydrogens is 614 g/mol. The van der Waals surface area contributed by atoms with Crippen LogP contribution in [0.1, 0.15) is 32.5 Å². The van der Waals surface area contributed by atoms with Crippen LogP contribution in [-0.2, 0) is 11.2 Å². The van der Waals surface area contributed by atoms with Crippen molar-refractivity contribution >= 4 is 50.7 Å². The molecule has 248 valence electrons. The largest absolute Gasteiger partial charge is 0.375 e. The normalized spacial score (nSPS) is 11.3. The van der Waals surface area contributed by atoms with Gasteiger partial charge in [-0.25, -0.2) is 4.98 Å². The van der Waals surface area contributed by atoms with Gasteiger partial charge in [-0.05, 0) is 68.8 Å². The Morgan fingerprint density at radius 2 is 1.45 bits per heavy atom. The molecule has 0 aliphatic heterocycles. The fourth-order valence-corrected chi connectivity index (χ4v) is 5.74. The molecule has 0 unspecified atom stereocenters. The number of hydrogen-bond acceptors (Lipinski definition) is 10. The lowest BCUT2D eigenvalue weighted by Crippen LogP contribution is -2.33. The third kappa shape index (κ3) is 8.15. The van der Waals surface area contributed by atoms with Gasteiger partial charge in [0.1, 0.15) is 11.0 Å². The Labute approximate surface area is 285 Å². The zero-order chi connectivity index (χ0) is 34.0. The van der Waals surface area contributed by atoms with E-state index in [2.05, 4.69) is 107 Å². The van der Waals surface area contributed by atoms with Crippen molar-refractivity contribution in [3.05, 3.63) is 103 Å². The molecule has 0 spiro atoms. The van der Waals surface area contributed by atoms with Gasteiger partial charge in [-0.1, -0.05) is 18.2 Å². The third-order valence-corrected chi connectivity index (χ3v) is 8.37. The fourth-order valence-electron chi connectivity index (χ4n) is 5.74. The van der Waals surface area contributed by atoms with E-state index < -0.39 is 0 Å². The first-order valence-corrected chi connectivity index (χ1v) is 16.6. The maximum atomic E-state index is 12.1. The number of nitrogens with zero attached hydrogens (tertiary/aromatic N) is 10. The number of aryl methyl sites for hydroxylation is 1. The molecule has 2 heterocycles. The maximum Gasteiger partial charge on any atom is 0.239 e. The van der Waals surface area contributed by atoms with E-state index in [4.69, 9.17) is 4.98 Å². The van der Waals surface area contributed by atoms with Gasteiger partial charge in [-0.15, -0.1) is 25.0 Å². The summed E-state index contributed by atoms with van der Waals surface area (Å²) in [4.78, 5) is 21.6. The quantitative estimate of drug-likeness (QED) is 0.0648. The number of azo groups is 1. The number of anilines is 2. The van der Waals surface area contributed by atoms with Crippen LogP contribution in [-0.4, -0.2) is 64.5 Å². The van der Waals surface area contributed by atoms with Gasteiger partial charge in [0.2, 0.25) is 22.6 Å². The predicted molar refractivity (Wildman–Crippen MR) is 192 cm³/mol. The Bertz CT molecular complexity index is 2030. The van der Waals surface area contributed by atoms with Crippen molar-refractivity contribution in [1.82, 2.24) is 30.7 Å². The fraction of sp³-hybridized carbons (Fsp3) is 0.270. The monoisotopic (exact) mass is 654 g/mol. The van der Waals surface area contributed by atoms with Gasteiger partial charge in [0.05, 0.1) is 11.4 Å². The van der Waals surface area contributed by atoms with E-state index >= 15 is 0 Å². The molecule has 0 saturated heterocycles. The van der Waals surface area contributed by atoms with Gasteiger partial charge >= 0.3 is 0 Å². The third-order valence-electron chi connectivity index (χ3n) is 8.37. The summed E-state index contributed by atoms with van der Waals surface area (Å²) in [5, 5.41) is 27.2. The maximum absolute atomic E-state index is 12.1. The number of benzene rings is 4. The zero-order valence-corrected chi connectivity index (χ0v) is 28.1. The number of hydrogen-bond donors (Lipinski definition) is 1. The SMILES string of the molecule is CCN(CC)c1ccc2nc3ccc(N=Nc4ccc(N(C)CCCNC(=O)CCc5nncnn5)cc4)cc3[n+](-c3ccccc3)c2c1. The molecule has 6 rings (SSSR count). The molecule has 0 saturated carbocycles. The van der Waals surface area contributed by atoms with Gasteiger partial charge in [0, 0.05) is 81.7 Å². The van der Waals surface area contributed by atoms with Gasteiger partial charge in [-0.3, -0.25) is 4.79 Å². The van der Waals surface area contributed by atoms with Crippen molar-refractivity contribution in [2.24, 2.45) is 10.2 Å². The highest BCUT2D eigenvalue weighted by Crippen LogP contribution is 2.27. The van der Waals surface area contributed by atoms with Gasteiger partial charge in [-0.2, -0.15) is 10.2 Å². The lowest BCUT2D eigenvalue weighted by molar-refractivity contribution is -0.538. The van der Waals surface area contributed by atoms with Gasteiger partial charge < -0.3 is 15.1 Å². The van der Waals surface area contributed by atoms with E-state index in [1.165, 1.54) is 12.0 Å². The standard InChI is InChI=1S/C37H39N11O/c1-4-47(5-2)31-17-19-33-35(25-31)48(30-10-7-6-8-11-30)34-24-28(14-18-32(34)41-33)43-42-27-12-15-29(16-13-27)46(3)23-9-22-38-37(49)21-20-36-44-39-26-40-45-36/h6-8,10-19,24-26H,4-5,9,20-23H2,1-3H3/p+1. The van der Waals surface area contributed by atoms with E-state index in [1.807, 2.05) is 55.6 Å². The second-order valence-corrected chi connectivity index (χ2v) is 11.6. The van der Waals surface area contributed by atoms with Crippen LogP contribution >= 0.6 is 0 Å². The first kappa shape index (κ1) is 33.0. The van der Waals surface area contributed by atoms with Crippen LogP contribution in [0.15, 0.2) is 108 Å². The molecule has 12 heteroatoms. The summed E-state index contributed by atoms with van der Waals surface area (Å²) in [6, 6.07) is 30.8. The summed E-state index contributed by atoms with van der Waals surface area (Å²) in [7, 11) is 2.03. The number of nitrogens with one attached hydrogen (secondary N) is 1. The Hall–Kier alpha value is -5.91. The summed E-state index contributed by atoms with van der Waals surface area (Å²) in [6.07, 6.45) is 2.79. The molecule has 0 fully saturated rings. The minimum atomic E-state index is -0.0415. The lowest BCUT2D eigenvalue weighted by atomic mass is 10.1. The van der Waals surface area contributed by atoms with Crippen molar-refractivity contribution < 1.29 is 9.36 Å². The minimum absolute atomic E-state index is 0.0415. The second-order valence-electron chi connectivity index (χ2n) is 11.6. The van der Waals surface area contributed by atoms with Crippen molar-refractivity contribution in [1.29, 1.82) is 0 Å². The van der Waals surface area contributed by atoms with E-state index in [1.54, 1.807) is 0 Å². The topological polar surface area (TPSA) is 129 Å². The number of fused-ring (bicyclic) bond motifs is 2. The van der Waals surface area contributed by atoms with Gasteiger partial charge in [0.25, 0.3) is 0 Å². The highest BCUT2D eigenvalue weighted by atomic mass is 16.1. The van der Waals surface area contributed by atoms with E-state index in [9.17, 15) is 4.79 Å². The minimum Gasteiger partial charge on any atom is -0.375 e. The van der Waals surface area contributed by atoms with Crippen LogP contribution in [0.2, 0.25) is 0 Å². The molecule has 0 radical (unpaired) electrons. The van der Waals surface area contributed by atoms with Crippen LogP contribution in [0.4, 0.5) is 22.7 Å². The number of carbonyl (C=O) groups is 1. The first-order valence-electron chi connectivity index (χ1n) is 16.6. The Morgan fingerprint density at radius 3 is 2.18 bits per heavy atom. The molecule has 2 aromatic heterocycles. The van der Waals surface area contributed by atoms with Crippen molar-refractivity contribution in [2.45, 2.75) is 33.1 Å². The molecule has 0 aliphatic carbocycles. The summed E-state index contributed by atoms with van der Waals surface area (Å²) < 4.78 is 2.26. The van der Waals surface area contributed by atoms with E-state index in [0.29, 0.717) is 25.2 Å². The van der Waals surface area contributed by atoms with Crippen molar-refractivity contribution in [2.75, 3.05) is 43.0 Å². The molecule has 1 amide bonds. The van der Waals surface area contributed by atoms with Crippen LogP contribution in [0, 0.1) is 0 Å². The number of aromatic nitrogens is 6. The van der Waals surface area contributed by atoms with Crippen LogP contribution in [0.25, 0.3) is 27.8 Å². The highest BCUT2D eigenvalue weighted by molar-refractivity contribution is 5.85. The molecule has 49 heavy (non-hydrogen) atoms. The van der Waals surface area contributed by atoms with Crippen LogP contribution < -0.4 is 19.7 Å². The highest BCUT2D eigenvalue weighted by Gasteiger charge is 2.21. The lowest BCUT2D eigenvalue weighted by Gasteiger charge is -2.20. The van der Waals surface area contributed by atoms with Crippen LogP contribution in [0.3, 0.4) is 0 Å². The molecular formula is C37H40N11O+. The molecule has 4 aromatic carbocycles. The van der Waals surface area contributed by atoms with Gasteiger partial charge in [0.15, 0.2) is 12.2 Å². The summed E-state index contributed by atoms with van der Waals surface area (Å²) in [6.45, 7) is 7.58. The average Bonchev–Trinajstić information content (AvgIpc) is 3.15. The molecule has 1 N–H and O–H groups in total. The average molecular weight is 655 g/mol. The van der Waals surface area contributed by atoms with Crippen LogP contribution in [0.5, 0.6) is 0 Å². The van der Waals surface area contributed by atoms with Crippen molar-refractivity contribution in [3.63, 3.8) is 0 Å². The molecule has 0 atom stereocenters. The number of amides is 1. The smallest absolute Gasteiger partial charge is 0.239 e. The molecule has 0 aliphatic rings. The number of rotatable bonds is 14. The summed E-state index contributed by atoms with van der Waals surface area (Å²) in [5.41, 5.74) is 8.59. The zero-order valence-electron chi connectivity index (χ0n) is 28.1. The predicted octanol–water partition coefficient (Wildman–Crippen LogP) is 6.08.